The number of carbonyl (C=O) groups excluding carboxylic acids is 1. The first-order valence-electron chi connectivity index (χ1n) is 8.31. The van der Waals surface area contributed by atoms with Gasteiger partial charge in [-0.15, -0.1) is 0 Å². The van der Waals surface area contributed by atoms with E-state index in [-0.39, 0.29) is 11.5 Å². The molecule has 1 aromatic carbocycles. The van der Waals surface area contributed by atoms with Crippen molar-refractivity contribution in [3.05, 3.63) is 69.5 Å². The molecule has 0 radical (unpaired) electrons. The van der Waals surface area contributed by atoms with Gasteiger partial charge in [0.1, 0.15) is 18.1 Å². The van der Waals surface area contributed by atoms with E-state index in [1.807, 2.05) is 0 Å². The number of amides is 1. The van der Waals surface area contributed by atoms with Crippen LogP contribution in [0.3, 0.4) is 0 Å². The van der Waals surface area contributed by atoms with Crippen molar-refractivity contribution in [2.75, 3.05) is 5.32 Å². The molecule has 152 valence electrons. The minimum absolute atomic E-state index is 0.146. The predicted molar refractivity (Wildman–Crippen MR) is 94.9 cm³/mol. The Morgan fingerprint density at radius 3 is 2.59 bits per heavy atom. The number of hydrogen-bond acceptors (Lipinski definition) is 5. The van der Waals surface area contributed by atoms with E-state index in [1.54, 1.807) is 12.1 Å². The van der Waals surface area contributed by atoms with Crippen LogP contribution in [0, 0.1) is 22.9 Å². The summed E-state index contributed by atoms with van der Waals surface area (Å²) in [5.41, 5.74) is -0.795. The number of aromatic nitrogens is 4. The maximum atomic E-state index is 13.0. The highest BCUT2D eigenvalue weighted by molar-refractivity contribution is 5.90. The molecule has 29 heavy (non-hydrogen) atoms. The van der Waals surface area contributed by atoms with Crippen LogP contribution in [-0.2, 0) is 17.9 Å². The number of nitro groups is 1. The maximum absolute atomic E-state index is 13.0. The standard InChI is InChI=1S/C17H15F3N6O3/c1-10-16(26(28)29)15(17(19)20)23-25(10)9-14(27)22-13-6-21-24(8-13)7-11-2-4-12(18)5-3-11/h2-6,8,17H,7,9H2,1H3,(H,22,27). The molecule has 1 N–H and O–H groups in total. The molecule has 0 fully saturated rings. The number of halogens is 3. The first kappa shape index (κ1) is 20.0. The van der Waals surface area contributed by atoms with Gasteiger partial charge in [-0.2, -0.15) is 10.2 Å². The molecule has 3 rings (SSSR count). The summed E-state index contributed by atoms with van der Waals surface area (Å²) in [5, 5.41) is 21.1. The third-order valence-electron chi connectivity index (χ3n) is 4.06. The van der Waals surface area contributed by atoms with E-state index in [0.29, 0.717) is 12.2 Å². The molecular formula is C17H15F3N6O3. The van der Waals surface area contributed by atoms with Gasteiger partial charge in [0.2, 0.25) is 11.6 Å². The normalized spacial score (nSPS) is 11.1. The molecule has 9 nitrogen and oxygen atoms in total. The van der Waals surface area contributed by atoms with Gasteiger partial charge < -0.3 is 5.32 Å². The van der Waals surface area contributed by atoms with Crippen molar-refractivity contribution >= 4 is 17.3 Å². The lowest BCUT2D eigenvalue weighted by atomic mass is 10.2. The molecule has 0 bridgehead atoms. The summed E-state index contributed by atoms with van der Waals surface area (Å²) in [6.45, 7) is 1.10. The first-order chi connectivity index (χ1) is 13.7. The summed E-state index contributed by atoms with van der Waals surface area (Å²) >= 11 is 0. The second kappa shape index (κ2) is 8.12. The summed E-state index contributed by atoms with van der Waals surface area (Å²) in [5.74, 6) is -0.973. The van der Waals surface area contributed by atoms with Crippen LogP contribution in [0.2, 0.25) is 0 Å². The van der Waals surface area contributed by atoms with Gasteiger partial charge in [0.05, 0.1) is 23.4 Å². The fourth-order valence-electron chi connectivity index (χ4n) is 2.71. The molecule has 0 saturated carbocycles. The quantitative estimate of drug-likeness (QED) is 0.478. The Bertz CT molecular complexity index is 1050. The number of nitrogens with one attached hydrogen (secondary N) is 1. The van der Waals surface area contributed by atoms with Crippen molar-refractivity contribution in [3.63, 3.8) is 0 Å². The molecule has 1 amide bonds. The molecule has 3 aromatic rings. The molecule has 0 aliphatic heterocycles. The Kier molecular flexibility index (Phi) is 5.61. The number of nitrogens with zero attached hydrogens (tertiary/aromatic N) is 5. The van der Waals surface area contributed by atoms with Gasteiger partial charge in [-0.05, 0) is 24.6 Å². The minimum atomic E-state index is -3.14. The maximum Gasteiger partial charge on any atom is 0.319 e. The van der Waals surface area contributed by atoms with Gasteiger partial charge in [0.15, 0.2) is 0 Å². The Balaban J connectivity index is 1.67. The molecule has 2 aromatic heterocycles. The molecule has 0 aliphatic carbocycles. The fourth-order valence-corrected chi connectivity index (χ4v) is 2.71. The van der Waals surface area contributed by atoms with Crippen LogP contribution >= 0.6 is 0 Å². The second-order valence-corrected chi connectivity index (χ2v) is 6.14. The molecular weight excluding hydrogens is 393 g/mol. The van der Waals surface area contributed by atoms with Crippen molar-refractivity contribution in [1.82, 2.24) is 19.6 Å². The van der Waals surface area contributed by atoms with Gasteiger partial charge in [-0.1, -0.05) is 12.1 Å². The Labute approximate surface area is 161 Å². The van der Waals surface area contributed by atoms with Crippen molar-refractivity contribution in [2.45, 2.75) is 26.4 Å². The number of rotatable bonds is 7. The number of carbonyl (C=O) groups is 1. The second-order valence-electron chi connectivity index (χ2n) is 6.14. The predicted octanol–water partition coefficient (Wildman–Crippen LogP) is 3.06. The van der Waals surface area contributed by atoms with Gasteiger partial charge in [0, 0.05) is 6.20 Å². The van der Waals surface area contributed by atoms with Crippen LogP contribution in [0.15, 0.2) is 36.7 Å². The zero-order valence-electron chi connectivity index (χ0n) is 15.1. The smallest absolute Gasteiger partial charge is 0.319 e. The third-order valence-corrected chi connectivity index (χ3v) is 4.06. The minimum Gasteiger partial charge on any atom is -0.322 e. The van der Waals surface area contributed by atoms with Crippen LogP contribution < -0.4 is 5.32 Å². The Morgan fingerprint density at radius 2 is 2.00 bits per heavy atom. The van der Waals surface area contributed by atoms with Gasteiger partial charge >= 0.3 is 5.69 Å². The third kappa shape index (κ3) is 4.59. The summed E-state index contributed by atoms with van der Waals surface area (Å²) < 4.78 is 41.2. The van der Waals surface area contributed by atoms with E-state index >= 15 is 0 Å². The van der Waals surface area contributed by atoms with Crippen LogP contribution in [0.5, 0.6) is 0 Å². The van der Waals surface area contributed by atoms with E-state index in [9.17, 15) is 28.1 Å². The average molecular weight is 408 g/mol. The van der Waals surface area contributed by atoms with Crippen LogP contribution in [0.4, 0.5) is 24.5 Å². The highest BCUT2D eigenvalue weighted by Gasteiger charge is 2.31. The number of alkyl halides is 2. The van der Waals surface area contributed by atoms with Gasteiger partial charge in [-0.25, -0.2) is 13.2 Å². The summed E-state index contributed by atoms with van der Waals surface area (Å²) in [6, 6.07) is 5.84. The molecule has 0 atom stereocenters. The molecule has 2 heterocycles. The van der Waals surface area contributed by atoms with Crippen molar-refractivity contribution in [3.8, 4) is 0 Å². The average Bonchev–Trinajstić information content (AvgIpc) is 3.21. The lowest BCUT2D eigenvalue weighted by Crippen LogP contribution is -2.20. The Hall–Kier alpha value is -3.70. The van der Waals surface area contributed by atoms with E-state index in [1.165, 1.54) is 36.1 Å². The zero-order chi connectivity index (χ0) is 21.1. The van der Waals surface area contributed by atoms with E-state index in [2.05, 4.69) is 15.5 Å². The van der Waals surface area contributed by atoms with Gasteiger partial charge in [0.25, 0.3) is 6.43 Å². The molecule has 0 saturated heterocycles. The molecule has 12 heteroatoms. The largest absolute Gasteiger partial charge is 0.322 e. The lowest BCUT2D eigenvalue weighted by molar-refractivity contribution is -0.386. The SMILES string of the molecule is Cc1c([N+](=O)[O-])c(C(F)F)nn1CC(=O)Nc1cnn(Cc2ccc(F)cc2)c1. The number of benzene rings is 1. The number of hydrogen-bond donors (Lipinski definition) is 1. The monoisotopic (exact) mass is 408 g/mol. The van der Waals surface area contributed by atoms with Crippen molar-refractivity contribution in [2.24, 2.45) is 0 Å². The van der Waals surface area contributed by atoms with E-state index in [0.717, 1.165) is 10.2 Å². The number of anilines is 1. The molecule has 0 spiro atoms. The zero-order valence-corrected chi connectivity index (χ0v) is 15.1. The van der Waals surface area contributed by atoms with Crippen molar-refractivity contribution < 1.29 is 22.9 Å². The van der Waals surface area contributed by atoms with Crippen LogP contribution in [0.1, 0.15) is 23.4 Å². The fraction of sp³-hybridized carbons (Fsp3) is 0.235. The first-order valence-corrected chi connectivity index (χ1v) is 8.31. The summed E-state index contributed by atoms with van der Waals surface area (Å²) in [4.78, 5) is 22.2. The van der Waals surface area contributed by atoms with Crippen LogP contribution in [-0.4, -0.2) is 30.4 Å². The lowest BCUT2D eigenvalue weighted by Gasteiger charge is -2.04. The van der Waals surface area contributed by atoms with E-state index < -0.39 is 35.2 Å². The van der Waals surface area contributed by atoms with Crippen molar-refractivity contribution in [1.29, 1.82) is 0 Å². The van der Waals surface area contributed by atoms with Crippen LogP contribution in [0.25, 0.3) is 0 Å². The topological polar surface area (TPSA) is 108 Å². The Morgan fingerprint density at radius 1 is 1.31 bits per heavy atom. The summed E-state index contributed by atoms with van der Waals surface area (Å²) in [6.07, 6.45) is -0.225. The molecule has 0 unspecified atom stereocenters. The van der Waals surface area contributed by atoms with E-state index in [4.69, 9.17) is 0 Å². The highest BCUT2D eigenvalue weighted by Crippen LogP contribution is 2.30. The summed E-state index contributed by atoms with van der Waals surface area (Å²) in [7, 11) is 0. The molecule has 0 aliphatic rings. The van der Waals surface area contributed by atoms with Gasteiger partial charge in [-0.3, -0.25) is 24.3 Å². The highest BCUT2D eigenvalue weighted by atomic mass is 19.3.